The van der Waals surface area contributed by atoms with Gasteiger partial charge in [-0.05, 0) is 37.6 Å². The smallest absolute Gasteiger partial charge is 0.228 e. The molecule has 4 nitrogen and oxygen atoms in total. The van der Waals surface area contributed by atoms with Crippen LogP contribution < -0.4 is 5.32 Å². The molecule has 0 aliphatic carbocycles. The summed E-state index contributed by atoms with van der Waals surface area (Å²) in [4.78, 5) is 19.1. The number of hydrogen-bond donors (Lipinski definition) is 1. The van der Waals surface area contributed by atoms with Gasteiger partial charge in [0.1, 0.15) is 5.82 Å². The zero-order valence-corrected chi connectivity index (χ0v) is 14.6. The molecule has 0 spiro atoms. The molecular formula is C18H22FN3OS. The maximum atomic E-state index is 12.9. The van der Waals surface area contributed by atoms with E-state index in [0.717, 1.165) is 42.2 Å². The van der Waals surface area contributed by atoms with Gasteiger partial charge in [0.2, 0.25) is 5.91 Å². The molecular weight excluding hydrogens is 325 g/mol. The Labute approximate surface area is 145 Å². The highest BCUT2D eigenvalue weighted by atomic mass is 32.1. The fourth-order valence-electron chi connectivity index (χ4n) is 3.16. The summed E-state index contributed by atoms with van der Waals surface area (Å²) in [5, 5.41) is 6.07. The summed E-state index contributed by atoms with van der Waals surface area (Å²) in [5.74, 6) is -0.0720. The van der Waals surface area contributed by atoms with Crippen LogP contribution in [0, 0.1) is 5.82 Å². The number of thiazole rings is 1. The Bertz CT molecular complexity index is 686. The van der Waals surface area contributed by atoms with E-state index < -0.39 is 0 Å². The zero-order chi connectivity index (χ0) is 16.9. The first-order valence-corrected chi connectivity index (χ1v) is 9.15. The number of carbonyl (C=O) groups excluding carboxylic acids is 1. The SMILES string of the molecule is CNCC1CCCN1C(=O)Cc1csc(Cc2ccc(F)cc2)n1. The van der Waals surface area contributed by atoms with E-state index in [4.69, 9.17) is 0 Å². The van der Waals surface area contributed by atoms with Crippen LogP contribution in [-0.4, -0.2) is 42.0 Å². The Kier molecular flexibility index (Phi) is 5.58. The van der Waals surface area contributed by atoms with E-state index in [1.165, 1.54) is 12.1 Å². The second-order valence-electron chi connectivity index (χ2n) is 6.15. The van der Waals surface area contributed by atoms with Gasteiger partial charge in [0.15, 0.2) is 0 Å². The maximum Gasteiger partial charge on any atom is 0.228 e. The van der Waals surface area contributed by atoms with E-state index in [0.29, 0.717) is 18.9 Å². The summed E-state index contributed by atoms with van der Waals surface area (Å²) in [6.07, 6.45) is 3.18. The van der Waals surface area contributed by atoms with E-state index in [-0.39, 0.29) is 11.7 Å². The number of amides is 1. The van der Waals surface area contributed by atoms with Gasteiger partial charge in [-0.3, -0.25) is 4.79 Å². The number of carbonyl (C=O) groups is 1. The van der Waals surface area contributed by atoms with Crippen molar-refractivity contribution in [2.75, 3.05) is 20.1 Å². The molecule has 1 amide bonds. The Balaban J connectivity index is 1.59. The molecule has 1 aromatic heterocycles. The molecule has 1 N–H and O–H groups in total. The zero-order valence-electron chi connectivity index (χ0n) is 13.8. The van der Waals surface area contributed by atoms with Crippen molar-refractivity contribution < 1.29 is 9.18 Å². The molecule has 3 rings (SSSR count). The Hall–Kier alpha value is -1.79. The number of likely N-dealkylation sites (tertiary alicyclic amines) is 1. The third-order valence-electron chi connectivity index (χ3n) is 4.34. The second-order valence-corrected chi connectivity index (χ2v) is 7.10. The minimum atomic E-state index is -0.231. The number of nitrogens with one attached hydrogen (secondary N) is 1. The van der Waals surface area contributed by atoms with Crippen molar-refractivity contribution in [3.63, 3.8) is 0 Å². The lowest BCUT2D eigenvalue weighted by Crippen LogP contribution is -2.41. The van der Waals surface area contributed by atoms with Gasteiger partial charge in [-0.15, -0.1) is 11.3 Å². The first-order valence-electron chi connectivity index (χ1n) is 8.27. The quantitative estimate of drug-likeness (QED) is 0.874. The molecule has 0 saturated carbocycles. The summed E-state index contributed by atoms with van der Waals surface area (Å²) < 4.78 is 12.9. The highest BCUT2D eigenvalue weighted by molar-refractivity contribution is 7.09. The lowest BCUT2D eigenvalue weighted by Gasteiger charge is -2.24. The summed E-state index contributed by atoms with van der Waals surface area (Å²) in [7, 11) is 1.92. The summed E-state index contributed by atoms with van der Waals surface area (Å²) in [5.41, 5.74) is 1.86. The molecule has 1 fully saturated rings. The average Bonchev–Trinajstić information content (AvgIpc) is 3.19. The summed E-state index contributed by atoms with van der Waals surface area (Å²) >= 11 is 1.56. The van der Waals surface area contributed by atoms with E-state index in [1.807, 2.05) is 17.3 Å². The topological polar surface area (TPSA) is 45.2 Å². The third kappa shape index (κ3) is 4.19. The largest absolute Gasteiger partial charge is 0.338 e. The fraction of sp³-hybridized carbons (Fsp3) is 0.444. The van der Waals surface area contributed by atoms with Gasteiger partial charge in [-0.1, -0.05) is 12.1 Å². The predicted octanol–water partition coefficient (Wildman–Crippen LogP) is 2.63. The molecule has 1 unspecified atom stereocenters. The lowest BCUT2D eigenvalue weighted by molar-refractivity contribution is -0.131. The number of rotatable bonds is 6. The van der Waals surface area contributed by atoms with Crippen LogP contribution in [0.2, 0.25) is 0 Å². The molecule has 24 heavy (non-hydrogen) atoms. The van der Waals surface area contributed by atoms with Crippen LogP contribution in [0.1, 0.15) is 29.1 Å². The fourth-order valence-corrected chi connectivity index (χ4v) is 3.98. The highest BCUT2D eigenvalue weighted by Gasteiger charge is 2.28. The molecule has 1 aromatic carbocycles. The minimum absolute atomic E-state index is 0.159. The lowest BCUT2D eigenvalue weighted by atomic mass is 10.1. The normalized spacial score (nSPS) is 17.4. The van der Waals surface area contributed by atoms with E-state index in [1.54, 1.807) is 23.5 Å². The molecule has 1 saturated heterocycles. The van der Waals surface area contributed by atoms with Crippen LogP contribution in [0.3, 0.4) is 0 Å². The van der Waals surface area contributed by atoms with Crippen molar-refractivity contribution in [1.29, 1.82) is 0 Å². The number of nitrogens with zero attached hydrogens (tertiary/aromatic N) is 2. The molecule has 1 aliphatic heterocycles. The minimum Gasteiger partial charge on any atom is -0.338 e. The van der Waals surface area contributed by atoms with E-state index in [9.17, 15) is 9.18 Å². The van der Waals surface area contributed by atoms with Crippen molar-refractivity contribution in [3.8, 4) is 0 Å². The number of benzene rings is 1. The molecule has 2 aromatic rings. The van der Waals surface area contributed by atoms with E-state index >= 15 is 0 Å². The van der Waals surface area contributed by atoms with Gasteiger partial charge in [0.05, 0.1) is 17.1 Å². The molecule has 0 bridgehead atoms. The number of aromatic nitrogens is 1. The van der Waals surface area contributed by atoms with Crippen LogP contribution in [-0.2, 0) is 17.6 Å². The van der Waals surface area contributed by atoms with Crippen molar-refractivity contribution in [3.05, 3.63) is 51.7 Å². The van der Waals surface area contributed by atoms with E-state index in [2.05, 4.69) is 10.3 Å². The summed E-state index contributed by atoms with van der Waals surface area (Å²) in [6.45, 7) is 1.69. The van der Waals surface area contributed by atoms with Gasteiger partial charge in [0, 0.05) is 30.9 Å². The van der Waals surface area contributed by atoms with Crippen LogP contribution >= 0.6 is 11.3 Å². The van der Waals surface area contributed by atoms with Gasteiger partial charge < -0.3 is 10.2 Å². The van der Waals surface area contributed by atoms with Crippen LogP contribution in [0.5, 0.6) is 0 Å². The molecule has 0 radical (unpaired) electrons. The second kappa shape index (κ2) is 7.85. The molecule has 128 valence electrons. The average molecular weight is 347 g/mol. The standard InChI is InChI=1S/C18H22FN3OS/c1-20-11-16-3-2-8-22(16)18(23)10-15-12-24-17(21-15)9-13-4-6-14(19)7-5-13/h4-7,12,16,20H,2-3,8-11H2,1H3. The van der Waals surface area contributed by atoms with Gasteiger partial charge in [0.25, 0.3) is 0 Å². The van der Waals surface area contributed by atoms with Crippen molar-refractivity contribution >= 4 is 17.2 Å². The maximum absolute atomic E-state index is 12.9. The van der Waals surface area contributed by atoms with Crippen molar-refractivity contribution in [2.45, 2.75) is 31.7 Å². The summed E-state index contributed by atoms with van der Waals surface area (Å²) in [6, 6.07) is 6.77. The number of hydrogen-bond acceptors (Lipinski definition) is 4. The highest BCUT2D eigenvalue weighted by Crippen LogP contribution is 2.20. The Morgan fingerprint density at radius 3 is 2.96 bits per heavy atom. The number of likely N-dealkylation sites (N-methyl/N-ethyl adjacent to an activating group) is 1. The van der Waals surface area contributed by atoms with Crippen molar-refractivity contribution in [2.24, 2.45) is 0 Å². The third-order valence-corrected chi connectivity index (χ3v) is 5.24. The van der Waals surface area contributed by atoms with Crippen LogP contribution in [0.15, 0.2) is 29.6 Å². The first kappa shape index (κ1) is 17.0. The van der Waals surface area contributed by atoms with Crippen LogP contribution in [0.4, 0.5) is 4.39 Å². The monoisotopic (exact) mass is 347 g/mol. The predicted molar refractivity (Wildman–Crippen MR) is 93.7 cm³/mol. The Morgan fingerprint density at radius 1 is 1.42 bits per heavy atom. The molecule has 1 atom stereocenters. The molecule has 6 heteroatoms. The van der Waals surface area contributed by atoms with Gasteiger partial charge in [-0.25, -0.2) is 9.37 Å². The molecule has 2 heterocycles. The number of halogens is 1. The first-order chi connectivity index (χ1) is 11.7. The van der Waals surface area contributed by atoms with Crippen LogP contribution in [0.25, 0.3) is 0 Å². The van der Waals surface area contributed by atoms with Gasteiger partial charge >= 0.3 is 0 Å². The van der Waals surface area contributed by atoms with Crippen molar-refractivity contribution in [1.82, 2.24) is 15.2 Å². The molecule has 1 aliphatic rings. The van der Waals surface area contributed by atoms with Gasteiger partial charge in [-0.2, -0.15) is 0 Å². The Morgan fingerprint density at radius 2 is 2.21 bits per heavy atom.